The average molecular weight is 309 g/mol. The summed E-state index contributed by atoms with van der Waals surface area (Å²) >= 11 is 0. The number of carboxylic acid groups (broad SMARTS) is 1. The summed E-state index contributed by atoms with van der Waals surface area (Å²) in [5.41, 5.74) is 0.204. The number of rotatable bonds is 2. The summed E-state index contributed by atoms with van der Waals surface area (Å²) in [5.74, 6) is -0.805. The van der Waals surface area contributed by atoms with Gasteiger partial charge in [0.25, 0.3) is 0 Å². The maximum Gasteiger partial charge on any atom is 0.337 e. The Balaban J connectivity index is 1.61. The lowest BCUT2D eigenvalue weighted by Crippen LogP contribution is -2.40. The molecular weight excluding hydrogens is 294 g/mol. The Hall–Kier alpha value is -2.43. The molecular formula is C18H15NO4. The molecule has 2 saturated carbocycles. The molecule has 5 heteroatoms. The summed E-state index contributed by atoms with van der Waals surface area (Å²) in [4.78, 5) is 38.5. The standard InChI is InChI=1S/C18H15NO4/c20-16-14-8-5-6-9(12-7-11(8)12)15(14)17(21)19(16)13-4-2-1-3-10(13)18(22)23/h1-6,8-9,11-12,14-15H,7H2,(H,22,23)/t8-,9-,11+,12+,14-,15-/m1/s1. The van der Waals surface area contributed by atoms with Crippen LogP contribution in [0.1, 0.15) is 16.8 Å². The number of amides is 2. The van der Waals surface area contributed by atoms with Gasteiger partial charge < -0.3 is 5.11 Å². The van der Waals surface area contributed by atoms with Crippen molar-refractivity contribution in [3.8, 4) is 0 Å². The largest absolute Gasteiger partial charge is 0.478 e. The lowest BCUT2D eigenvalue weighted by Gasteiger charge is -2.37. The summed E-state index contributed by atoms with van der Waals surface area (Å²) < 4.78 is 0. The smallest absolute Gasteiger partial charge is 0.337 e. The van der Waals surface area contributed by atoms with Crippen molar-refractivity contribution < 1.29 is 19.5 Å². The molecule has 5 aliphatic rings. The molecule has 23 heavy (non-hydrogen) atoms. The topological polar surface area (TPSA) is 74.7 Å². The average Bonchev–Trinajstić information content (AvgIpc) is 3.32. The highest BCUT2D eigenvalue weighted by atomic mass is 16.4. The normalized spacial score (nSPS) is 39.4. The van der Waals surface area contributed by atoms with Gasteiger partial charge in [0.15, 0.2) is 0 Å². The van der Waals surface area contributed by atoms with Crippen LogP contribution in [0.4, 0.5) is 5.69 Å². The second kappa shape index (κ2) is 4.10. The number of anilines is 1. The van der Waals surface area contributed by atoms with E-state index in [-0.39, 0.29) is 46.7 Å². The Bertz CT molecular complexity index is 762. The number of imide groups is 1. The third-order valence-electron chi connectivity index (χ3n) is 6.04. The Morgan fingerprint density at radius 1 is 1.00 bits per heavy atom. The van der Waals surface area contributed by atoms with Crippen LogP contribution in [0.15, 0.2) is 36.4 Å². The van der Waals surface area contributed by atoms with E-state index in [0.717, 1.165) is 11.3 Å². The molecule has 1 aromatic carbocycles. The molecule has 1 aliphatic heterocycles. The van der Waals surface area contributed by atoms with E-state index in [1.54, 1.807) is 18.2 Å². The molecule has 2 amide bonds. The number of carboxylic acids is 1. The van der Waals surface area contributed by atoms with Crippen molar-refractivity contribution in [2.24, 2.45) is 35.5 Å². The summed E-state index contributed by atoms with van der Waals surface area (Å²) in [7, 11) is 0. The first-order chi connectivity index (χ1) is 11.1. The van der Waals surface area contributed by atoms with Gasteiger partial charge in [0.1, 0.15) is 0 Å². The van der Waals surface area contributed by atoms with Crippen molar-refractivity contribution in [3.05, 3.63) is 42.0 Å². The van der Waals surface area contributed by atoms with Crippen molar-refractivity contribution in [1.82, 2.24) is 0 Å². The SMILES string of the molecule is O=C(O)c1ccccc1N1C(=O)[C@@H]2[C@@H]3C=C[C@H]([C@@H]4C[C@@H]34)[C@H]2C1=O. The second-order valence-corrected chi connectivity index (χ2v) is 6.99. The van der Waals surface area contributed by atoms with E-state index in [2.05, 4.69) is 12.2 Å². The quantitative estimate of drug-likeness (QED) is 0.669. The van der Waals surface area contributed by atoms with Crippen LogP contribution in [0.25, 0.3) is 0 Å². The van der Waals surface area contributed by atoms with Crippen LogP contribution in [-0.4, -0.2) is 22.9 Å². The number of nitrogens with zero attached hydrogens (tertiary/aromatic N) is 1. The van der Waals surface area contributed by atoms with Gasteiger partial charge in [-0.05, 0) is 42.2 Å². The van der Waals surface area contributed by atoms with Crippen LogP contribution in [0, 0.1) is 35.5 Å². The fraction of sp³-hybridized carbons (Fsp3) is 0.389. The predicted octanol–water partition coefficient (Wildman–Crippen LogP) is 1.94. The number of carbonyl (C=O) groups is 3. The fourth-order valence-electron chi connectivity index (χ4n) is 5.04. The van der Waals surface area contributed by atoms with Crippen LogP contribution < -0.4 is 4.90 Å². The fourth-order valence-corrected chi connectivity index (χ4v) is 5.04. The van der Waals surface area contributed by atoms with Crippen LogP contribution in [-0.2, 0) is 9.59 Å². The minimum absolute atomic E-state index is 0.00156. The zero-order chi connectivity index (χ0) is 15.9. The number of hydrogen-bond acceptors (Lipinski definition) is 3. The Labute approximate surface area is 132 Å². The van der Waals surface area contributed by atoms with Crippen molar-refractivity contribution >= 4 is 23.5 Å². The zero-order valence-electron chi connectivity index (χ0n) is 12.3. The Morgan fingerprint density at radius 2 is 1.57 bits per heavy atom. The first kappa shape index (κ1) is 13.0. The molecule has 0 radical (unpaired) electrons. The molecule has 2 bridgehead atoms. The van der Waals surface area contributed by atoms with Crippen LogP contribution in [0.5, 0.6) is 0 Å². The highest BCUT2D eigenvalue weighted by Gasteiger charge is 2.67. The Morgan fingerprint density at radius 3 is 2.13 bits per heavy atom. The number of benzene rings is 1. The van der Waals surface area contributed by atoms with Gasteiger partial charge in [-0.25, -0.2) is 9.69 Å². The van der Waals surface area contributed by atoms with Crippen LogP contribution in [0.2, 0.25) is 0 Å². The van der Waals surface area contributed by atoms with E-state index in [9.17, 15) is 19.5 Å². The van der Waals surface area contributed by atoms with E-state index in [1.807, 2.05) is 0 Å². The molecule has 4 aliphatic carbocycles. The maximum absolute atomic E-state index is 13.0. The number of aromatic carboxylic acids is 1. The van der Waals surface area contributed by atoms with E-state index in [0.29, 0.717) is 11.8 Å². The van der Waals surface area contributed by atoms with E-state index < -0.39 is 5.97 Å². The number of carbonyl (C=O) groups excluding carboxylic acids is 2. The molecule has 1 aromatic rings. The van der Waals surface area contributed by atoms with Crippen molar-refractivity contribution in [1.29, 1.82) is 0 Å². The third kappa shape index (κ3) is 1.49. The van der Waals surface area contributed by atoms with Gasteiger partial charge in [-0.3, -0.25) is 9.59 Å². The first-order valence-electron chi connectivity index (χ1n) is 7.98. The zero-order valence-corrected chi connectivity index (χ0v) is 12.3. The molecule has 5 nitrogen and oxygen atoms in total. The summed E-state index contributed by atoms with van der Waals surface area (Å²) in [5, 5.41) is 9.36. The summed E-state index contributed by atoms with van der Waals surface area (Å²) in [6, 6.07) is 6.25. The van der Waals surface area contributed by atoms with Crippen LogP contribution >= 0.6 is 0 Å². The highest BCUT2D eigenvalue weighted by molar-refractivity contribution is 6.24. The van der Waals surface area contributed by atoms with Gasteiger partial charge in [0.2, 0.25) is 11.8 Å². The minimum Gasteiger partial charge on any atom is -0.478 e. The minimum atomic E-state index is -1.12. The predicted molar refractivity (Wildman–Crippen MR) is 80.6 cm³/mol. The van der Waals surface area contributed by atoms with E-state index >= 15 is 0 Å². The molecule has 116 valence electrons. The first-order valence-corrected chi connectivity index (χ1v) is 7.98. The molecule has 1 heterocycles. The number of allylic oxidation sites excluding steroid dienone is 2. The molecule has 1 N–H and O–H groups in total. The van der Waals surface area contributed by atoms with E-state index in [4.69, 9.17) is 0 Å². The van der Waals surface area contributed by atoms with E-state index in [1.165, 1.54) is 6.07 Å². The third-order valence-corrected chi connectivity index (χ3v) is 6.04. The molecule has 0 spiro atoms. The molecule has 6 atom stereocenters. The lowest BCUT2D eigenvalue weighted by molar-refractivity contribution is -0.124. The Kier molecular flexibility index (Phi) is 2.33. The van der Waals surface area contributed by atoms with Gasteiger partial charge in [0, 0.05) is 0 Å². The molecule has 3 fully saturated rings. The second-order valence-electron chi connectivity index (χ2n) is 6.99. The van der Waals surface area contributed by atoms with Gasteiger partial charge >= 0.3 is 5.97 Å². The monoisotopic (exact) mass is 309 g/mol. The van der Waals surface area contributed by atoms with Crippen LogP contribution in [0.3, 0.4) is 0 Å². The molecule has 0 unspecified atom stereocenters. The van der Waals surface area contributed by atoms with Gasteiger partial charge in [-0.2, -0.15) is 0 Å². The lowest BCUT2D eigenvalue weighted by atomic mass is 9.63. The van der Waals surface area contributed by atoms with Crippen molar-refractivity contribution in [2.75, 3.05) is 4.90 Å². The molecule has 1 saturated heterocycles. The molecule has 0 aromatic heterocycles. The summed E-state index contributed by atoms with van der Waals surface area (Å²) in [6.07, 6.45) is 5.33. The molecule has 6 rings (SSSR count). The highest BCUT2D eigenvalue weighted by Crippen LogP contribution is 2.65. The van der Waals surface area contributed by atoms with Crippen molar-refractivity contribution in [3.63, 3.8) is 0 Å². The number of para-hydroxylation sites is 1. The van der Waals surface area contributed by atoms with Gasteiger partial charge in [-0.1, -0.05) is 24.3 Å². The van der Waals surface area contributed by atoms with Gasteiger partial charge in [-0.15, -0.1) is 0 Å². The van der Waals surface area contributed by atoms with Gasteiger partial charge in [0.05, 0.1) is 23.1 Å². The maximum atomic E-state index is 13.0. The summed E-state index contributed by atoms with van der Waals surface area (Å²) in [6.45, 7) is 0. The number of hydrogen-bond donors (Lipinski definition) is 1. The van der Waals surface area contributed by atoms with Crippen molar-refractivity contribution in [2.45, 2.75) is 6.42 Å².